The Morgan fingerprint density at radius 1 is 0.429 bits per heavy atom. The molecular weight excluding hydrogens is 705 g/mol. The number of phenolic OH excluding ortho intramolecular Hbond substituents is 2. The largest absolute Gasteiger partial charge is 0.507 e. The van der Waals surface area contributed by atoms with E-state index in [1.807, 2.05) is 0 Å². The summed E-state index contributed by atoms with van der Waals surface area (Å²) >= 11 is 1.71. The third-order valence-corrected chi connectivity index (χ3v) is 11.9. The van der Waals surface area contributed by atoms with Gasteiger partial charge >= 0.3 is 0 Å². The molecule has 0 heterocycles. The van der Waals surface area contributed by atoms with E-state index in [1.54, 1.807) is 18.9 Å². The molecule has 0 saturated carbocycles. The molecule has 0 bridgehead atoms. The van der Waals surface area contributed by atoms with Crippen LogP contribution in [0, 0.1) is 20.8 Å². The van der Waals surface area contributed by atoms with Crippen molar-refractivity contribution in [2.24, 2.45) is 0 Å². The van der Waals surface area contributed by atoms with Crippen LogP contribution in [0.3, 0.4) is 0 Å². The fraction of sp³-hybridized carbons (Fsp3) is 0.423. The second-order valence-corrected chi connectivity index (χ2v) is 21.2. The molecule has 0 aliphatic carbocycles. The molecule has 0 aliphatic rings. The monoisotopic (exact) mass is 770 g/mol. The molecule has 0 saturated heterocycles. The lowest BCUT2D eigenvalue weighted by molar-refractivity contribution is 0.218. The standard InChI is InChI=1S/C52H66O3S/c1-31-19-40(34-25-36(49(4,5)6)29-37(26-34)50(7,8)9)46(53)42(21-31)44-23-33(3)24-45(48(44)56-18-17-55-16)43-22-32(2)20-41(47(43)54)35-27-38(51(10,11)12)30-39(28-35)52(13,14)15/h19-30,53-54H,17-18H2,1-16H3. The molecule has 5 rings (SSSR count). The molecule has 56 heavy (non-hydrogen) atoms. The highest BCUT2D eigenvalue weighted by Gasteiger charge is 2.27. The summed E-state index contributed by atoms with van der Waals surface area (Å²) in [7, 11) is 1.73. The summed E-state index contributed by atoms with van der Waals surface area (Å²) in [6.45, 7) is 33.8. The van der Waals surface area contributed by atoms with Crippen molar-refractivity contribution in [2.45, 2.75) is 130 Å². The molecule has 0 radical (unpaired) electrons. The molecule has 0 amide bonds. The fourth-order valence-corrected chi connectivity index (χ4v) is 8.37. The van der Waals surface area contributed by atoms with Crippen LogP contribution >= 0.6 is 11.8 Å². The number of methoxy groups -OCH3 is 1. The van der Waals surface area contributed by atoms with Gasteiger partial charge in [-0.05, 0) is 128 Å². The molecule has 0 atom stereocenters. The lowest BCUT2D eigenvalue weighted by Crippen LogP contribution is -2.16. The van der Waals surface area contributed by atoms with Crippen LogP contribution in [-0.2, 0) is 26.4 Å². The Hall–Kier alpha value is -3.99. The minimum atomic E-state index is -0.0636. The fourth-order valence-electron chi connectivity index (χ4n) is 7.26. The molecule has 0 aliphatic heterocycles. The zero-order valence-electron chi connectivity index (χ0n) is 37.1. The number of phenols is 2. The summed E-state index contributed by atoms with van der Waals surface area (Å²) in [4.78, 5) is 1.00. The molecule has 0 unspecified atom stereocenters. The zero-order chi connectivity index (χ0) is 41.7. The van der Waals surface area contributed by atoms with E-state index in [0.29, 0.717) is 12.4 Å². The Morgan fingerprint density at radius 3 is 1.00 bits per heavy atom. The molecule has 4 heteroatoms. The summed E-state index contributed by atoms with van der Waals surface area (Å²) in [5.74, 6) is 1.23. The van der Waals surface area contributed by atoms with Gasteiger partial charge in [0.25, 0.3) is 0 Å². The molecule has 298 valence electrons. The van der Waals surface area contributed by atoms with Crippen molar-refractivity contribution in [1.82, 2.24) is 0 Å². The van der Waals surface area contributed by atoms with Gasteiger partial charge in [-0.2, -0.15) is 0 Å². The Bertz CT molecular complexity index is 2030. The Morgan fingerprint density at radius 2 is 0.714 bits per heavy atom. The number of aryl methyl sites for hydroxylation is 3. The van der Waals surface area contributed by atoms with Crippen LogP contribution in [0.1, 0.15) is 122 Å². The third-order valence-electron chi connectivity index (χ3n) is 10.8. The van der Waals surface area contributed by atoms with Crippen LogP contribution in [0.2, 0.25) is 0 Å². The van der Waals surface area contributed by atoms with Gasteiger partial charge in [-0.15, -0.1) is 11.8 Å². The van der Waals surface area contributed by atoms with E-state index in [1.165, 1.54) is 22.3 Å². The smallest absolute Gasteiger partial charge is 0.131 e. The number of rotatable bonds is 8. The second-order valence-electron chi connectivity index (χ2n) is 20.0. The highest BCUT2D eigenvalue weighted by Crippen LogP contribution is 2.50. The molecule has 0 aromatic heterocycles. The van der Waals surface area contributed by atoms with Gasteiger partial charge in [0.1, 0.15) is 11.5 Å². The molecular formula is C52H66O3S. The number of hydrogen-bond donors (Lipinski definition) is 2. The second kappa shape index (κ2) is 15.7. The lowest BCUT2D eigenvalue weighted by atomic mass is 9.78. The van der Waals surface area contributed by atoms with Gasteiger partial charge < -0.3 is 14.9 Å². The van der Waals surface area contributed by atoms with E-state index in [4.69, 9.17) is 4.74 Å². The van der Waals surface area contributed by atoms with Gasteiger partial charge in [-0.1, -0.05) is 132 Å². The number of hydrogen-bond acceptors (Lipinski definition) is 4. The third kappa shape index (κ3) is 9.41. The SMILES string of the molecule is COCCSc1c(-c2cc(C)cc(-c3cc(C(C)(C)C)cc(C(C)(C)C)c3)c2O)cc(C)cc1-c1cc(C)cc(-c2cc(C(C)(C)C)cc(C(C)(C)C)c2)c1O. The Kier molecular flexibility index (Phi) is 12.1. The number of benzene rings is 5. The van der Waals surface area contributed by atoms with Crippen LogP contribution < -0.4 is 0 Å². The van der Waals surface area contributed by atoms with E-state index >= 15 is 0 Å². The normalized spacial score (nSPS) is 12.7. The minimum Gasteiger partial charge on any atom is -0.507 e. The molecule has 0 spiro atoms. The molecule has 2 N–H and O–H groups in total. The van der Waals surface area contributed by atoms with Gasteiger partial charge in [0, 0.05) is 40.0 Å². The topological polar surface area (TPSA) is 49.7 Å². The van der Waals surface area contributed by atoms with Gasteiger partial charge in [0.2, 0.25) is 0 Å². The maximum atomic E-state index is 12.4. The van der Waals surface area contributed by atoms with E-state index in [-0.39, 0.29) is 33.2 Å². The Balaban J connectivity index is 1.82. The van der Waals surface area contributed by atoms with Crippen LogP contribution in [-0.4, -0.2) is 29.7 Å². The van der Waals surface area contributed by atoms with Gasteiger partial charge in [0.15, 0.2) is 0 Å². The van der Waals surface area contributed by atoms with Crippen molar-refractivity contribution in [2.75, 3.05) is 19.5 Å². The maximum Gasteiger partial charge on any atom is 0.131 e. The maximum absolute atomic E-state index is 12.4. The van der Waals surface area contributed by atoms with Crippen molar-refractivity contribution in [3.05, 3.63) is 112 Å². The lowest BCUT2D eigenvalue weighted by Gasteiger charge is -2.27. The van der Waals surface area contributed by atoms with E-state index in [9.17, 15) is 10.2 Å². The van der Waals surface area contributed by atoms with Crippen molar-refractivity contribution in [3.63, 3.8) is 0 Å². The average Bonchev–Trinajstić information content (AvgIpc) is 3.08. The van der Waals surface area contributed by atoms with E-state index < -0.39 is 0 Å². The van der Waals surface area contributed by atoms with Crippen molar-refractivity contribution < 1.29 is 14.9 Å². The predicted octanol–water partition coefficient (Wildman–Crippen LogP) is 14.6. The van der Waals surface area contributed by atoms with Crippen LogP contribution in [0.25, 0.3) is 44.5 Å². The summed E-state index contributed by atoms with van der Waals surface area (Å²) in [6, 6.07) is 26.4. The molecule has 3 nitrogen and oxygen atoms in total. The van der Waals surface area contributed by atoms with Crippen LogP contribution in [0.4, 0.5) is 0 Å². The first kappa shape index (κ1) is 43.1. The number of thioether (sulfide) groups is 1. The Labute approximate surface area is 343 Å². The number of ether oxygens (including phenoxy) is 1. The summed E-state index contributed by atoms with van der Waals surface area (Å²) in [6.07, 6.45) is 0. The van der Waals surface area contributed by atoms with E-state index in [2.05, 4.69) is 177 Å². The highest BCUT2D eigenvalue weighted by atomic mass is 32.2. The average molecular weight is 771 g/mol. The van der Waals surface area contributed by atoms with Crippen LogP contribution in [0.15, 0.2) is 77.7 Å². The minimum absolute atomic E-state index is 0.0636. The number of aromatic hydroxyl groups is 2. The molecule has 5 aromatic rings. The van der Waals surface area contributed by atoms with Gasteiger partial charge in [0.05, 0.1) is 6.61 Å². The molecule has 5 aromatic carbocycles. The van der Waals surface area contributed by atoms with Gasteiger partial charge in [-0.25, -0.2) is 0 Å². The van der Waals surface area contributed by atoms with Crippen LogP contribution in [0.5, 0.6) is 11.5 Å². The van der Waals surface area contributed by atoms with E-state index in [0.717, 1.165) is 66.1 Å². The molecule has 0 fully saturated rings. The highest BCUT2D eigenvalue weighted by molar-refractivity contribution is 7.99. The van der Waals surface area contributed by atoms with Gasteiger partial charge in [-0.3, -0.25) is 0 Å². The quantitative estimate of drug-likeness (QED) is 0.122. The first-order chi connectivity index (χ1) is 25.8. The first-order valence-electron chi connectivity index (χ1n) is 20.1. The summed E-state index contributed by atoms with van der Waals surface area (Å²) in [5.41, 5.74) is 15.0. The van der Waals surface area contributed by atoms with Crippen molar-refractivity contribution in [3.8, 4) is 56.0 Å². The van der Waals surface area contributed by atoms with Crippen molar-refractivity contribution >= 4 is 11.8 Å². The predicted molar refractivity (Wildman–Crippen MR) is 243 cm³/mol. The first-order valence-corrected chi connectivity index (χ1v) is 21.1. The summed E-state index contributed by atoms with van der Waals surface area (Å²) in [5, 5.41) is 24.9. The zero-order valence-corrected chi connectivity index (χ0v) is 37.9. The van der Waals surface area contributed by atoms with Crippen molar-refractivity contribution in [1.29, 1.82) is 0 Å². The summed E-state index contributed by atoms with van der Waals surface area (Å²) < 4.78 is 5.55.